The second-order valence-electron chi connectivity index (χ2n) is 4.62. The fraction of sp³-hybridized carbons (Fsp3) is 0. The third-order valence-electron chi connectivity index (χ3n) is 3.33. The van der Waals surface area contributed by atoms with Crippen LogP contribution in [-0.2, 0) is 0 Å². The lowest BCUT2D eigenvalue weighted by Crippen LogP contribution is -2.31. The van der Waals surface area contributed by atoms with Crippen molar-refractivity contribution in [3.63, 3.8) is 0 Å². The topological polar surface area (TPSA) is 94.9 Å². The maximum atomic E-state index is 13.6. The average molecular weight is 301 g/mol. The number of hydrogen-bond donors (Lipinski definition) is 2. The van der Waals surface area contributed by atoms with Crippen molar-refractivity contribution in [2.45, 2.75) is 0 Å². The molecular weight excluding hydrogens is 293 g/mol. The molecule has 2 amide bonds. The van der Waals surface area contributed by atoms with Gasteiger partial charge in [-0.3, -0.25) is 9.59 Å². The lowest BCUT2D eigenvalue weighted by atomic mass is 10.1. The van der Waals surface area contributed by atoms with Crippen molar-refractivity contribution >= 4 is 23.5 Å². The number of phenols is 1. The molecule has 1 aliphatic rings. The summed E-state index contributed by atoms with van der Waals surface area (Å²) >= 11 is 0. The third-order valence-corrected chi connectivity index (χ3v) is 3.33. The van der Waals surface area contributed by atoms with Gasteiger partial charge in [0.15, 0.2) is 11.6 Å². The van der Waals surface area contributed by atoms with E-state index in [-0.39, 0.29) is 11.1 Å². The Kier molecular flexibility index (Phi) is 2.91. The molecule has 7 heteroatoms. The molecule has 0 fully saturated rings. The number of fused-ring (bicyclic) bond motifs is 1. The van der Waals surface area contributed by atoms with Crippen molar-refractivity contribution < 1.29 is 29.0 Å². The number of carbonyl (C=O) groups is 3. The number of nitrogens with zero attached hydrogens (tertiary/aromatic N) is 1. The molecule has 2 aromatic rings. The van der Waals surface area contributed by atoms with Gasteiger partial charge >= 0.3 is 5.97 Å². The van der Waals surface area contributed by atoms with Gasteiger partial charge in [-0.1, -0.05) is 12.1 Å². The Morgan fingerprint density at radius 3 is 2.09 bits per heavy atom. The van der Waals surface area contributed by atoms with Crippen molar-refractivity contribution in [3.05, 3.63) is 58.9 Å². The summed E-state index contributed by atoms with van der Waals surface area (Å²) in [6.07, 6.45) is 0. The molecule has 0 aromatic heterocycles. The standard InChI is InChI=1S/C15H8FNO5/c16-10-6-11(9(15(21)22)5-12(10)18)17-13(19)7-3-1-2-4-8(7)14(17)20/h1-6,18H,(H,21,22). The van der Waals surface area contributed by atoms with Crippen LogP contribution in [0.3, 0.4) is 0 Å². The second kappa shape index (κ2) is 4.66. The minimum absolute atomic E-state index is 0.109. The summed E-state index contributed by atoms with van der Waals surface area (Å²) in [4.78, 5) is 36.5. The van der Waals surface area contributed by atoms with Crippen molar-refractivity contribution in [1.82, 2.24) is 0 Å². The number of phenolic OH excluding ortho intramolecular Hbond substituents is 1. The lowest BCUT2D eigenvalue weighted by molar-refractivity contribution is 0.0697. The van der Waals surface area contributed by atoms with E-state index in [9.17, 15) is 23.9 Å². The summed E-state index contributed by atoms with van der Waals surface area (Å²) in [6, 6.07) is 7.28. The van der Waals surface area contributed by atoms with Gasteiger partial charge in [-0.25, -0.2) is 14.1 Å². The first-order valence-corrected chi connectivity index (χ1v) is 6.15. The first-order valence-electron chi connectivity index (χ1n) is 6.15. The number of aromatic hydroxyl groups is 1. The SMILES string of the molecule is O=C(O)c1cc(O)c(F)cc1N1C(=O)c2ccccc2C1=O. The van der Waals surface area contributed by atoms with Gasteiger partial charge in [0.2, 0.25) is 0 Å². The highest BCUT2D eigenvalue weighted by Crippen LogP contribution is 2.33. The largest absolute Gasteiger partial charge is 0.505 e. The zero-order valence-electron chi connectivity index (χ0n) is 10.9. The fourth-order valence-corrected chi connectivity index (χ4v) is 2.32. The first-order chi connectivity index (χ1) is 10.4. The van der Waals surface area contributed by atoms with Gasteiger partial charge in [-0.15, -0.1) is 0 Å². The fourth-order valence-electron chi connectivity index (χ4n) is 2.32. The molecule has 0 bridgehead atoms. The average Bonchev–Trinajstić information content (AvgIpc) is 2.74. The van der Waals surface area contributed by atoms with Gasteiger partial charge in [0.1, 0.15) is 0 Å². The van der Waals surface area contributed by atoms with Crippen LogP contribution in [0, 0.1) is 5.82 Å². The Morgan fingerprint density at radius 1 is 1.05 bits per heavy atom. The van der Waals surface area contributed by atoms with Gasteiger partial charge in [0.25, 0.3) is 11.8 Å². The highest BCUT2D eigenvalue weighted by molar-refractivity contribution is 6.35. The van der Waals surface area contributed by atoms with Crippen LogP contribution in [-0.4, -0.2) is 28.0 Å². The molecule has 0 saturated heterocycles. The summed E-state index contributed by atoms with van der Waals surface area (Å²) in [6.45, 7) is 0. The van der Waals surface area contributed by atoms with Crippen LogP contribution in [0.4, 0.5) is 10.1 Å². The minimum Gasteiger partial charge on any atom is -0.505 e. The van der Waals surface area contributed by atoms with Crippen LogP contribution in [0.1, 0.15) is 31.1 Å². The number of amides is 2. The number of aromatic carboxylic acids is 1. The van der Waals surface area contributed by atoms with Crippen molar-refractivity contribution in [2.75, 3.05) is 4.90 Å². The Labute approximate surface area is 123 Å². The van der Waals surface area contributed by atoms with E-state index in [1.165, 1.54) is 12.1 Å². The minimum atomic E-state index is -1.50. The molecule has 22 heavy (non-hydrogen) atoms. The molecule has 0 saturated carbocycles. The molecule has 0 radical (unpaired) electrons. The molecule has 110 valence electrons. The number of benzene rings is 2. The van der Waals surface area contributed by atoms with E-state index in [2.05, 4.69) is 0 Å². The summed E-state index contributed by atoms with van der Waals surface area (Å²) in [5.74, 6) is -4.99. The van der Waals surface area contributed by atoms with Crippen LogP contribution < -0.4 is 4.90 Å². The van der Waals surface area contributed by atoms with Crippen LogP contribution in [0.2, 0.25) is 0 Å². The molecule has 0 atom stereocenters. The quantitative estimate of drug-likeness (QED) is 0.828. The van der Waals surface area contributed by atoms with Crippen LogP contribution >= 0.6 is 0 Å². The molecule has 0 aliphatic carbocycles. The first kappa shape index (κ1) is 13.7. The maximum absolute atomic E-state index is 13.6. The normalized spacial score (nSPS) is 13.4. The molecule has 0 unspecified atom stereocenters. The highest BCUT2D eigenvalue weighted by atomic mass is 19.1. The third kappa shape index (κ3) is 1.83. The molecule has 6 nitrogen and oxygen atoms in total. The Hall–Kier alpha value is -3.22. The molecular formula is C15H8FNO5. The summed E-state index contributed by atoms with van der Waals surface area (Å²) in [7, 11) is 0. The monoisotopic (exact) mass is 301 g/mol. The van der Waals surface area contributed by atoms with Gasteiger partial charge in [0, 0.05) is 6.07 Å². The zero-order chi connectivity index (χ0) is 16.0. The van der Waals surface area contributed by atoms with Crippen molar-refractivity contribution in [2.24, 2.45) is 0 Å². The van der Waals surface area contributed by atoms with Gasteiger partial charge in [-0.05, 0) is 18.2 Å². The van der Waals surface area contributed by atoms with Gasteiger partial charge in [-0.2, -0.15) is 0 Å². The Bertz CT molecular complexity index is 811. The van der Waals surface area contributed by atoms with Crippen molar-refractivity contribution in [1.29, 1.82) is 0 Å². The summed E-state index contributed by atoms with van der Waals surface area (Å²) in [5.41, 5.74) is -0.753. The highest BCUT2D eigenvalue weighted by Gasteiger charge is 2.38. The molecule has 1 heterocycles. The number of carbonyl (C=O) groups excluding carboxylic acids is 2. The van der Waals surface area contributed by atoms with Crippen LogP contribution in [0.15, 0.2) is 36.4 Å². The summed E-state index contributed by atoms with van der Waals surface area (Å²) in [5, 5.41) is 18.4. The van der Waals surface area contributed by atoms with E-state index in [0.29, 0.717) is 17.0 Å². The number of rotatable bonds is 2. The van der Waals surface area contributed by atoms with Crippen molar-refractivity contribution in [3.8, 4) is 5.75 Å². The summed E-state index contributed by atoms with van der Waals surface area (Å²) < 4.78 is 13.6. The number of carboxylic acid groups (broad SMARTS) is 1. The van der Waals surface area contributed by atoms with E-state index in [1.807, 2.05) is 0 Å². The smallest absolute Gasteiger partial charge is 0.337 e. The van der Waals surface area contributed by atoms with E-state index in [0.717, 1.165) is 0 Å². The Balaban J connectivity index is 2.22. The number of halogens is 1. The molecule has 2 aromatic carbocycles. The molecule has 3 rings (SSSR count). The van der Waals surface area contributed by atoms with E-state index >= 15 is 0 Å². The lowest BCUT2D eigenvalue weighted by Gasteiger charge is -2.17. The number of imide groups is 1. The van der Waals surface area contributed by atoms with E-state index < -0.39 is 40.6 Å². The van der Waals surface area contributed by atoms with Gasteiger partial charge in [0.05, 0.1) is 22.4 Å². The van der Waals surface area contributed by atoms with E-state index in [4.69, 9.17) is 5.11 Å². The predicted molar refractivity (Wildman–Crippen MR) is 72.6 cm³/mol. The number of anilines is 1. The Morgan fingerprint density at radius 2 is 1.59 bits per heavy atom. The number of carboxylic acids is 1. The molecule has 0 spiro atoms. The van der Waals surface area contributed by atoms with Crippen LogP contribution in [0.5, 0.6) is 5.75 Å². The number of hydrogen-bond acceptors (Lipinski definition) is 4. The van der Waals surface area contributed by atoms with E-state index in [1.54, 1.807) is 12.1 Å². The maximum Gasteiger partial charge on any atom is 0.337 e. The zero-order valence-corrected chi connectivity index (χ0v) is 10.9. The predicted octanol–water partition coefficient (Wildman–Crippen LogP) is 2.03. The van der Waals surface area contributed by atoms with Crippen LogP contribution in [0.25, 0.3) is 0 Å². The second-order valence-corrected chi connectivity index (χ2v) is 4.62. The molecule has 2 N–H and O–H groups in total. The van der Waals surface area contributed by atoms with Gasteiger partial charge < -0.3 is 10.2 Å². The molecule has 1 aliphatic heterocycles.